The van der Waals surface area contributed by atoms with Gasteiger partial charge in [0.05, 0.1) is 11.7 Å². The van der Waals surface area contributed by atoms with Gasteiger partial charge >= 0.3 is 0 Å². The van der Waals surface area contributed by atoms with Crippen molar-refractivity contribution in [2.24, 2.45) is 0 Å². The lowest BCUT2D eigenvalue weighted by Crippen LogP contribution is -2.24. The second kappa shape index (κ2) is 7.32. The van der Waals surface area contributed by atoms with Gasteiger partial charge in [0, 0.05) is 28.0 Å². The van der Waals surface area contributed by atoms with E-state index in [1.807, 2.05) is 24.3 Å². The number of aryl methyl sites for hydroxylation is 3. The van der Waals surface area contributed by atoms with Gasteiger partial charge in [-0.1, -0.05) is 22.0 Å². The normalized spacial score (nSPS) is 13.6. The number of aromatic nitrogens is 2. The van der Waals surface area contributed by atoms with E-state index < -0.39 is 0 Å². The van der Waals surface area contributed by atoms with Gasteiger partial charge in [-0.2, -0.15) is 0 Å². The first-order valence-electron chi connectivity index (χ1n) is 8.67. The summed E-state index contributed by atoms with van der Waals surface area (Å²) in [4.78, 5) is 31.7. The van der Waals surface area contributed by atoms with Crippen LogP contribution in [-0.4, -0.2) is 15.5 Å². The molecule has 0 radical (unpaired) electrons. The number of anilines is 1. The van der Waals surface area contributed by atoms with Gasteiger partial charge in [-0.15, -0.1) is 11.3 Å². The summed E-state index contributed by atoms with van der Waals surface area (Å²) in [6.07, 6.45) is 6.11. The Kier molecular flexibility index (Phi) is 4.91. The van der Waals surface area contributed by atoms with Crippen LogP contribution in [0.15, 0.2) is 39.9 Å². The zero-order valence-corrected chi connectivity index (χ0v) is 16.5. The van der Waals surface area contributed by atoms with Crippen LogP contribution in [0.4, 0.5) is 5.69 Å². The molecule has 1 amide bonds. The Morgan fingerprint density at radius 2 is 2.15 bits per heavy atom. The molecule has 1 N–H and O–H groups in total. The number of nitrogens with zero attached hydrogens (tertiary/aromatic N) is 2. The first kappa shape index (κ1) is 17.4. The number of thiophene rings is 1. The molecule has 3 aromatic rings. The lowest BCUT2D eigenvalue weighted by molar-refractivity contribution is -0.116. The van der Waals surface area contributed by atoms with E-state index in [-0.39, 0.29) is 17.9 Å². The van der Waals surface area contributed by atoms with Gasteiger partial charge in [0.25, 0.3) is 5.56 Å². The Morgan fingerprint density at radius 1 is 1.31 bits per heavy atom. The van der Waals surface area contributed by atoms with Crippen LogP contribution in [-0.2, 0) is 24.2 Å². The molecule has 2 aromatic heterocycles. The number of halogens is 1. The standard InChI is InChI=1S/C19H18BrN3O2S/c20-12-4-3-5-13(10-12)22-16(24)8-9-23-11-21-18-17(19(23)25)14-6-1-2-7-15(14)26-18/h3-5,10-11H,1-2,6-9H2,(H,22,24). The van der Waals surface area contributed by atoms with Crippen LogP contribution in [0.2, 0.25) is 0 Å². The average Bonchev–Trinajstić information content (AvgIpc) is 3.00. The Balaban J connectivity index is 1.51. The molecule has 0 saturated heterocycles. The zero-order valence-electron chi connectivity index (χ0n) is 14.1. The van der Waals surface area contributed by atoms with Crippen LogP contribution in [0.5, 0.6) is 0 Å². The largest absolute Gasteiger partial charge is 0.326 e. The lowest BCUT2D eigenvalue weighted by Gasteiger charge is -2.10. The van der Waals surface area contributed by atoms with E-state index in [2.05, 4.69) is 26.2 Å². The topological polar surface area (TPSA) is 64.0 Å². The van der Waals surface area contributed by atoms with E-state index in [1.54, 1.807) is 22.2 Å². The van der Waals surface area contributed by atoms with Gasteiger partial charge < -0.3 is 5.32 Å². The second-order valence-electron chi connectivity index (χ2n) is 6.44. The van der Waals surface area contributed by atoms with Crippen molar-refractivity contribution < 1.29 is 4.79 Å². The number of rotatable bonds is 4. The maximum Gasteiger partial charge on any atom is 0.262 e. The minimum atomic E-state index is -0.123. The van der Waals surface area contributed by atoms with E-state index in [0.717, 1.165) is 39.6 Å². The molecule has 0 spiro atoms. The minimum absolute atomic E-state index is 0.0235. The quantitative estimate of drug-likeness (QED) is 0.675. The molecule has 0 fully saturated rings. The molecule has 0 unspecified atom stereocenters. The Morgan fingerprint density at radius 3 is 3.00 bits per heavy atom. The van der Waals surface area contributed by atoms with Crippen molar-refractivity contribution in [1.82, 2.24) is 9.55 Å². The van der Waals surface area contributed by atoms with Crippen molar-refractivity contribution >= 4 is 49.1 Å². The third-order valence-electron chi connectivity index (χ3n) is 4.63. The van der Waals surface area contributed by atoms with E-state index in [9.17, 15) is 9.59 Å². The van der Waals surface area contributed by atoms with Crippen LogP contribution in [0.1, 0.15) is 29.7 Å². The lowest BCUT2D eigenvalue weighted by atomic mass is 9.97. The number of nitrogens with one attached hydrogen (secondary N) is 1. The summed E-state index contributed by atoms with van der Waals surface area (Å²) in [7, 11) is 0. The van der Waals surface area contributed by atoms with Gasteiger partial charge in [0.2, 0.25) is 5.91 Å². The minimum Gasteiger partial charge on any atom is -0.326 e. The molecular formula is C19H18BrN3O2S. The van der Waals surface area contributed by atoms with Crippen molar-refractivity contribution in [3.8, 4) is 0 Å². The summed E-state index contributed by atoms with van der Waals surface area (Å²) < 4.78 is 2.47. The van der Waals surface area contributed by atoms with Gasteiger partial charge in [0.15, 0.2) is 0 Å². The van der Waals surface area contributed by atoms with Crippen molar-refractivity contribution in [2.75, 3.05) is 5.32 Å². The van der Waals surface area contributed by atoms with Crippen LogP contribution < -0.4 is 10.9 Å². The molecule has 7 heteroatoms. The van der Waals surface area contributed by atoms with Crippen LogP contribution in [0, 0.1) is 0 Å². The molecule has 5 nitrogen and oxygen atoms in total. The maximum absolute atomic E-state index is 12.9. The smallest absolute Gasteiger partial charge is 0.262 e. The summed E-state index contributed by atoms with van der Waals surface area (Å²) >= 11 is 5.02. The number of hydrogen-bond acceptors (Lipinski definition) is 4. The molecule has 1 aromatic carbocycles. The number of carbonyl (C=O) groups is 1. The van der Waals surface area contributed by atoms with E-state index in [4.69, 9.17) is 0 Å². The first-order valence-corrected chi connectivity index (χ1v) is 10.3. The van der Waals surface area contributed by atoms with Gasteiger partial charge in [-0.3, -0.25) is 14.2 Å². The highest BCUT2D eigenvalue weighted by molar-refractivity contribution is 9.10. The third kappa shape index (κ3) is 3.46. The van der Waals surface area contributed by atoms with E-state index in [1.165, 1.54) is 16.9 Å². The molecule has 26 heavy (non-hydrogen) atoms. The Hall–Kier alpha value is -1.99. The van der Waals surface area contributed by atoms with Crippen molar-refractivity contribution in [3.05, 3.63) is 55.9 Å². The summed E-state index contributed by atoms with van der Waals surface area (Å²) in [6, 6.07) is 7.44. The molecule has 2 heterocycles. The van der Waals surface area contributed by atoms with Crippen LogP contribution >= 0.6 is 27.3 Å². The number of carbonyl (C=O) groups excluding carboxylic acids is 1. The fraction of sp³-hybridized carbons (Fsp3) is 0.316. The SMILES string of the molecule is O=C(CCn1cnc2sc3c(c2c1=O)CCCC3)Nc1cccc(Br)c1. The molecule has 1 aliphatic rings. The highest BCUT2D eigenvalue weighted by Crippen LogP contribution is 2.33. The molecule has 0 saturated carbocycles. The molecule has 1 aliphatic carbocycles. The fourth-order valence-corrected chi connectivity index (χ4v) is 4.97. The average molecular weight is 432 g/mol. The van der Waals surface area contributed by atoms with Gasteiger partial charge in [0.1, 0.15) is 4.83 Å². The van der Waals surface area contributed by atoms with Crippen molar-refractivity contribution in [3.63, 3.8) is 0 Å². The van der Waals surface area contributed by atoms with Crippen molar-refractivity contribution in [2.45, 2.75) is 38.6 Å². The first-order chi connectivity index (χ1) is 12.6. The maximum atomic E-state index is 12.9. The fourth-order valence-electron chi connectivity index (χ4n) is 3.35. The molecule has 0 aliphatic heterocycles. The summed E-state index contributed by atoms with van der Waals surface area (Å²) in [6.45, 7) is 0.326. The number of amides is 1. The summed E-state index contributed by atoms with van der Waals surface area (Å²) in [5.41, 5.74) is 1.89. The molecule has 134 valence electrons. The van der Waals surface area contributed by atoms with Crippen molar-refractivity contribution in [1.29, 1.82) is 0 Å². The summed E-state index contributed by atoms with van der Waals surface area (Å²) in [5, 5.41) is 3.62. The second-order valence-corrected chi connectivity index (χ2v) is 8.44. The van der Waals surface area contributed by atoms with E-state index in [0.29, 0.717) is 6.54 Å². The van der Waals surface area contributed by atoms with Crippen LogP contribution in [0.3, 0.4) is 0 Å². The summed E-state index contributed by atoms with van der Waals surface area (Å²) in [5.74, 6) is -0.123. The predicted octanol–water partition coefficient (Wildman–Crippen LogP) is 4.13. The number of hydrogen-bond donors (Lipinski definition) is 1. The predicted molar refractivity (Wildman–Crippen MR) is 108 cm³/mol. The van der Waals surface area contributed by atoms with Gasteiger partial charge in [-0.25, -0.2) is 4.98 Å². The highest BCUT2D eigenvalue weighted by atomic mass is 79.9. The highest BCUT2D eigenvalue weighted by Gasteiger charge is 2.20. The molecule has 0 bridgehead atoms. The van der Waals surface area contributed by atoms with Gasteiger partial charge in [-0.05, 0) is 49.4 Å². The third-order valence-corrected chi connectivity index (χ3v) is 6.32. The molecular weight excluding hydrogens is 414 g/mol. The zero-order chi connectivity index (χ0) is 18.1. The molecule has 4 rings (SSSR count). The monoisotopic (exact) mass is 431 g/mol. The number of benzene rings is 1. The molecule has 0 atom stereocenters. The Bertz CT molecular complexity index is 1040. The van der Waals surface area contributed by atoms with E-state index >= 15 is 0 Å². The Labute approximate surface area is 163 Å². The van der Waals surface area contributed by atoms with Crippen LogP contribution in [0.25, 0.3) is 10.2 Å². The number of fused-ring (bicyclic) bond motifs is 3.